The molecule has 7 heteroatoms. The summed E-state index contributed by atoms with van der Waals surface area (Å²) in [7, 11) is -3.01. The summed E-state index contributed by atoms with van der Waals surface area (Å²) in [5.74, 6) is 0.604. The molecule has 1 fully saturated rings. The number of pyridine rings is 1. The maximum atomic E-state index is 11.8. The first kappa shape index (κ1) is 12.4. The Kier molecular flexibility index (Phi) is 2.41. The third kappa shape index (κ3) is 1.88. The quantitative estimate of drug-likeness (QED) is 0.836. The van der Waals surface area contributed by atoms with Crippen molar-refractivity contribution in [2.24, 2.45) is 0 Å². The van der Waals surface area contributed by atoms with Gasteiger partial charge in [-0.1, -0.05) is 0 Å². The molecule has 0 aliphatic carbocycles. The van der Waals surface area contributed by atoms with Crippen LogP contribution >= 0.6 is 0 Å². The van der Waals surface area contributed by atoms with Crippen molar-refractivity contribution >= 4 is 26.9 Å². The number of nitrogen functional groups attached to an aromatic ring is 1. The maximum absolute atomic E-state index is 11.8. The number of sulfone groups is 1. The minimum Gasteiger partial charge on any atom is -0.369 e. The molecule has 102 valence electrons. The molecule has 0 spiro atoms. The molecule has 0 saturated carbocycles. The summed E-state index contributed by atoms with van der Waals surface area (Å²) < 4.78 is 25.3. The van der Waals surface area contributed by atoms with Gasteiger partial charge in [-0.3, -0.25) is 4.57 Å². The van der Waals surface area contributed by atoms with Crippen molar-refractivity contribution < 1.29 is 8.42 Å². The third-order valence-corrected chi connectivity index (χ3v) is 5.58. The van der Waals surface area contributed by atoms with Gasteiger partial charge in [0.15, 0.2) is 15.5 Å². The van der Waals surface area contributed by atoms with Crippen molar-refractivity contribution in [1.29, 1.82) is 0 Å². The fourth-order valence-corrected chi connectivity index (χ4v) is 4.89. The largest absolute Gasteiger partial charge is 0.369 e. The minimum atomic E-state index is -3.01. The van der Waals surface area contributed by atoms with Crippen molar-refractivity contribution in [2.75, 3.05) is 17.2 Å². The van der Waals surface area contributed by atoms with Crippen molar-refractivity contribution in [3.63, 3.8) is 0 Å². The molecule has 1 atom stereocenters. The normalized spacial score (nSPS) is 26.0. The fraction of sp³-hybridized carbons (Fsp3) is 0.500. The predicted molar refractivity (Wildman–Crippen MR) is 73.6 cm³/mol. The van der Waals surface area contributed by atoms with E-state index in [0.29, 0.717) is 23.5 Å². The van der Waals surface area contributed by atoms with Gasteiger partial charge in [0, 0.05) is 5.69 Å². The minimum absolute atomic E-state index is 0.0886. The lowest BCUT2D eigenvalue weighted by molar-refractivity contribution is 0.379. The van der Waals surface area contributed by atoms with Crippen LogP contribution in [0.2, 0.25) is 0 Å². The highest BCUT2D eigenvalue weighted by atomic mass is 32.2. The molecule has 2 aromatic heterocycles. The Morgan fingerprint density at radius 2 is 2.11 bits per heavy atom. The first-order chi connectivity index (χ1) is 8.81. The highest BCUT2D eigenvalue weighted by Gasteiger charge is 2.42. The number of fused-ring (bicyclic) bond motifs is 1. The molecule has 1 saturated heterocycles. The Hall–Kier alpha value is -1.63. The zero-order chi connectivity index (χ0) is 13.8. The Bertz CT molecular complexity index is 765. The second kappa shape index (κ2) is 3.69. The summed E-state index contributed by atoms with van der Waals surface area (Å²) >= 11 is 0. The monoisotopic (exact) mass is 280 g/mol. The van der Waals surface area contributed by atoms with Crippen LogP contribution in [0.5, 0.6) is 0 Å². The molecule has 6 nitrogen and oxygen atoms in total. The zero-order valence-electron chi connectivity index (χ0n) is 10.9. The highest BCUT2D eigenvalue weighted by Crippen LogP contribution is 2.35. The van der Waals surface area contributed by atoms with Gasteiger partial charge in [0.2, 0.25) is 5.95 Å². The summed E-state index contributed by atoms with van der Waals surface area (Å²) in [4.78, 5) is 8.73. The number of nitrogens with zero attached hydrogens (tertiary/aromatic N) is 3. The molecule has 0 bridgehead atoms. The molecule has 0 aromatic carbocycles. The van der Waals surface area contributed by atoms with Gasteiger partial charge in [0.05, 0.1) is 17.0 Å². The van der Waals surface area contributed by atoms with E-state index in [1.807, 2.05) is 26.0 Å². The van der Waals surface area contributed by atoms with Crippen LogP contribution in [0.25, 0.3) is 11.2 Å². The van der Waals surface area contributed by atoms with E-state index < -0.39 is 15.4 Å². The summed E-state index contributed by atoms with van der Waals surface area (Å²) in [6, 6.07) is 3.73. The molecule has 0 amide bonds. The van der Waals surface area contributed by atoms with Gasteiger partial charge >= 0.3 is 0 Å². The van der Waals surface area contributed by atoms with E-state index in [-0.39, 0.29) is 11.5 Å². The van der Waals surface area contributed by atoms with Crippen LogP contribution in [0.15, 0.2) is 12.1 Å². The van der Waals surface area contributed by atoms with Crippen LogP contribution in [0.1, 0.15) is 19.0 Å². The number of aromatic nitrogens is 3. The lowest BCUT2D eigenvalue weighted by atomic mass is 10.0. The standard InChI is InChI=1S/C12H16N4O2S/c1-8-3-4-9-10(14-8)16(11(13)15-9)12(2)5-6-19(17,18)7-12/h3-4H,5-7H2,1-2H3,(H2,13,15). The number of rotatable bonds is 1. The first-order valence-corrected chi connectivity index (χ1v) is 7.95. The van der Waals surface area contributed by atoms with E-state index >= 15 is 0 Å². The molecule has 0 radical (unpaired) electrons. The van der Waals surface area contributed by atoms with Crippen LogP contribution < -0.4 is 5.73 Å². The van der Waals surface area contributed by atoms with Crippen molar-refractivity contribution in [2.45, 2.75) is 25.8 Å². The highest BCUT2D eigenvalue weighted by molar-refractivity contribution is 7.91. The second-order valence-electron chi connectivity index (χ2n) is 5.44. The van der Waals surface area contributed by atoms with Crippen LogP contribution in [-0.4, -0.2) is 34.5 Å². The van der Waals surface area contributed by atoms with Gasteiger partial charge in [-0.25, -0.2) is 18.4 Å². The molecule has 2 N–H and O–H groups in total. The van der Waals surface area contributed by atoms with Gasteiger partial charge in [0.25, 0.3) is 0 Å². The number of imidazole rings is 1. The molecule has 1 unspecified atom stereocenters. The fourth-order valence-electron chi connectivity index (χ4n) is 2.77. The lowest BCUT2D eigenvalue weighted by Crippen LogP contribution is -2.32. The summed E-state index contributed by atoms with van der Waals surface area (Å²) in [5, 5.41) is 0. The van der Waals surface area contributed by atoms with Crippen molar-refractivity contribution in [1.82, 2.24) is 14.5 Å². The van der Waals surface area contributed by atoms with Crippen LogP contribution in [0.4, 0.5) is 5.95 Å². The van der Waals surface area contributed by atoms with E-state index in [4.69, 9.17) is 5.73 Å². The number of anilines is 1. The van der Waals surface area contributed by atoms with Gasteiger partial charge < -0.3 is 5.73 Å². The van der Waals surface area contributed by atoms with Gasteiger partial charge in [-0.15, -0.1) is 0 Å². The average molecular weight is 280 g/mol. The van der Waals surface area contributed by atoms with E-state index in [1.165, 1.54) is 0 Å². The molecule has 19 heavy (non-hydrogen) atoms. The van der Waals surface area contributed by atoms with Gasteiger partial charge in [-0.05, 0) is 32.4 Å². The van der Waals surface area contributed by atoms with Crippen molar-refractivity contribution in [3.05, 3.63) is 17.8 Å². The molecule has 3 rings (SSSR count). The summed E-state index contributed by atoms with van der Waals surface area (Å²) in [6.07, 6.45) is 0.542. The zero-order valence-corrected chi connectivity index (χ0v) is 11.7. The molecule has 2 aromatic rings. The topological polar surface area (TPSA) is 90.9 Å². The number of hydrogen-bond acceptors (Lipinski definition) is 5. The van der Waals surface area contributed by atoms with Crippen molar-refractivity contribution in [3.8, 4) is 0 Å². The first-order valence-electron chi connectivity index (χ1n) is 6.13. The Morgan fingerprint density at radius 1 is 1.37 bits per heavy atom. The molecule has 3 heterocycles. The number of nitrogens with two attached hydrogens (primary N) is 1. The van der Waals surface area contributed by atoms with Gasteiger partial charge in [-0.2, -0.15) is 0 Å². The Morgan fingerprint density at radius 3 is 2.74 bits per heavy atom. The van der Waals surface area contributed by atoms with Gasteiger partial charge in [0.1, 0.15) is 5.52 Å². The maximum Gasteiger partial charge on any atom is 0.202 e. The van der Waals surface area contributed by atoms with E-state index in [2.05, 4.69) is 9.97 Å². The lowest BCUT2D eigenvalue weighted by Gasteiger charge is -2.25. The van der Waals surface area contributed by atoms with E-state index in [0.717, 1.165) is 5.69 Å². The van der Waals surface area contributed by atoms with Crippen LogP contribution in [0, 0.1) is 6.92 Å². The van der Waals surface area contributed by atoms with E-state index in [9.17, 15) is 8.42 Å². The van der Waals surface area contributed by atoms with Crippen LogP contribution in [0.3, 0.4) is 0 Å². The number of hydrogen-bond donors (Lipinski definition) is 1. The average Bonchev–Trinajstić information content (AvgIpc) is 2.75. The van der Waals surface area contributed by atoms with Crippen LogP contribution in [-0.2, 0) is 15.4 Å². The third-order valence-electron chi connectivity index (χ3n) is 3.69. The SMILES string of the molecule is Cc1ccc2nc(N)n(C3(C)CCS(=O)(=O)C3)c2n1. The molecule has 1 aliphatic heterocycles. The molecule has 1 aliphatic rings. The van der Waals surface area contributed by atoms with E-state index in [1.54, 1.807) is 4.57 Å². The molecular formula is C12H16N4O2S. The Balaban J connectivity index is 2.25. The molecular weight excluding hydrogens is 264 g/mol. The summed E-state index contributed by atoms with van der Waals surface area (Å²) in [5.41, 5.74) is 7.64. The predicted octanol–water partition coefficient (Wildman–Crippen LogP) is 0.856. The smallest absolute Gasteiger partial charge is 0.202 e. The second-order valence-corrected chi connectivity index (χ2v) is 7.62. The number of aryl methyl sites for hydroxylation is 1. The summed E-state index contributed by atoms with van der Waals surface area (Å²) in [6.45, 7) is 3.79. The Labute approximate surface area is 111 Å².